The van der Waals surface area contributed by atoms with Gasteiger partial charge in [0.25, 0.3) is 0 Å². The maximum absolute atomic E-state index is 10.6. The Bertz CT molecular complexity index is 204. The summed E-state index contributed by atoms with van der Waals surface area (Å²) < 4.78 is 6.29. The minimum atomic E-state index is -1.03. The van der Waals surface area contributed by atoms with Crippen LogP contribution in [-0.4, -0.2) is 50.9 Å². The lowest BCUT2D eigenvalue weighted by molar-refractivity contribution is -0.873. The molecule has 0 aliphatic heterocycles. The van der Waals surface area contributed by atoms with Gasteiger partial charge in [-0.1, -0.05) is 19.8 Å². The maximum atomic E-state index is 10.6. The highest BCUT2D eigenvalue weighted by Crippen LogP contribution is 2.06. The Morgan fingerprint density at radius 2 is 1.88 bits per heavy atom. The van der Waals surface area contributed by atoms with Crippen molar-refractivity contribution in [1.82, 2.24) is 0 Å². The number of likely N-dealkylation sites (N-methyl/N-ethyl adjacent to an activating group) is 1. The van der Waals surface area contributed by atoms with Gasteiger partial charge in [-0.05, 0) is 6.42 Å². The van der Waals surface area contributed by atoms with E-state index >= 15 is 0 Å². The van der Waals surface area contributed by atoms with E-state index in [2.05, 4.69) is 6.92 Å². The lowest BCUT2D eigenvalue weighted by Gasteiger charge is -2.29. The first-order chi connectivity index (χ1) is 7.35. The van der Waals surface area contributed by atoms with Crippen molar-refractivity contribution >= 4 is 18.4 Å². The Hall–Kier alpha value is -0.320. The number of carbonyl (C=O) groups is 1. The second kappa shape index (κ2) is 9.68. The highest BCUT2D eigenvalue weighted by molar-refractivity contribution is 5.85. The number of ether oxygens (including phenoxy) is 1. The van der Waals surface area contributed by atoms with Crippen molar-refractivity contribution < 1.29 is 19.1 Å². The number of hydrogen-bond acceptors (Lipinski definition) is 3. The van der Waals surface area contributed by atoms with E-state index in [1.54, 1.807) is 0 Å². The Morgan fingerprint density at radius 1 is 1.29 bits per heavy atom. The normalized spacial score (nSPS) is 12.9. The number of carbonyl (C=O) groups excluding carboxylic acids is 1. The molecule has 4 nitrogen and oxygen atoms in total. The number of halogens is 1. The van der Waals surface area contributed by atoms with Crippen molar-refractivity contribution in [3.8, 4) is 0 Å². The van der Waals surface area contributed by atoms with Crippen LogP contribution >= 0.6 is 12.4 Å². The Balaban J connectivity index is 0. The number of aliphatic carboxylic acids is 1. The number of quaternary nitrogens is 1. The Morgan fingerprint density at radius 3 is 2.29 bits per heavy atom. The Labute approximate surface area is 111 Å². The standard InChI is InChI=1S/C12H25NO3.ClH/c1-5-6-7-8-16-11(9-12(14)15)10-13(2,3)4;/h11H,5-10H2,1-4H3;1H/t11-;/m1./s1. The van der Waals surface area contributed by atoms with Crippen LogP contribution in [0.25, 0.3) is 0 Å². The molecule has 0 aliphatic carbocycles. The molecule has 0 spiro atoms. The molecule has 0 amide bonds. The van der Waals surface area contributed by atoms with Gasteiger partial charge in [0.1, 0.15) is 12.6 Å². The number of carboxylic acids is 1. The third-order valence-electron chi connectivity index (χ3n) is 2.25. The summed E-state index contributed by atoms with van der Waals surface area (Å²) in [5, 5.41) is 10.6. The lowest BCUT2D eigenvalue weighted by Crippen LogP contribution is -2.44. The number of carboxylic acid groups (broad SMARTS) is 1. The second-order valence-corrected chi connectivity index (χ2v) is 5.25. The molecular weight excluding hydrogens is 242 g/mol. The fourth-order valence-corrected chi connectivity index (χ4v) is 1.58. The lowest BCUT2D eigenvalue weighted by atomic mass is 10.2. The first kappa shape index (κ1) is 19.0. The summed E-state index contributed by atoms with van der Waals surface area (Å²) in [6.07, 6.45) is 3.02. The van der Waals surface area contributed by atoms with Gasteiger partial charge >= 0.3 is 0 Å². The third kappa shape index (κ3) is 13.6. The quantitative estimate of drug-likeness (QED) is 0.459. The van der Waals surface area contributed by atoms with Crippen molar-refractivity contribution in [1.29, 1.82) is 0 Å². The van der Waals surface area contributed by atoms with E-state index in [4.69, 9.17) is 4.74 Å². The van der Waals surface area contributed by atoms with Crippen molar-refractivity contribution in [3.05, 3.63) is 0 Å². The number of nitrogens with zero attached hydrogens (tertiary/aromatic N) is 1. The summed E-state index contributed by atoms with van der Waals surface area (Å²) >= 11 is 0. The number of rotatable bonds is 9. The SMILES string of the molecule is CCCCCO[C@H](CC(=O)[O-])C[N+](C)(C)C.Cl. The average molecular weight is 268 g/mol. The second-order valence-electron chi connectivity index (χ2n) is 5.25. The molecular formula is C12H26ClNO3. The van der Waals surface area contributed by atoms with E-state index in [-0.39, 0.29) is 24.9 Å². The van der Waals surface area contributed by atoms with Crippen molar-refractivity contribution in [2.45, 2.75) is 38.7 Å². The number of unbranched alkanes of at least 4 members (excludes halogenated alkanes) is 2. The van der Waals surface area contributed by atoms with Crippen LogP contribution in [0.15, 0.2) is 0 Å². The van der Waals surface area contributed by atoms with Crippen molar-refractivity contribution in [3.63, 3.8) is 0 Å². The molecule has 0 saturated carbocycles. The van der Waals surface area contributed by atoms with Gasteiger partial charge in [0, 0.05) is 19.0 Å². The first-order valence-corrected chi connectivity index (χ1v) is 5.97. The van der Waals surface area contributed by atoms with Crippen molar-refractivity contribution in [2.24, 2.45) is 0 Å². The van der Waals surface area contributed by atoms with Gasteiger partial charge < -0.3 is 19.1 Å². The fourth-order valence-electron chi connectivity index (χ4n) is 1.58. The minimum Gasteiger partial charge on any atom is -0.550 e. The van der Waals surface area contributed by atoms with Crippen LogP contribution < -0.4 is 5.11 Å². The molecule has 0 fully saturated rings. The van der Waals surface area contributed by atoms with Gasteiger partial charge in [-0.3, -0.25) is 0 Å². The highest BCUT2D eigenvalue weighted by atomic mass is 35.5. The molecule has 0 radical (unpaired) electrons. The van der Waals surface area contributed by atoms with E-state index in [0.29, 0.717) is 17.6 Å². The minimum absolute atomic E-state index is 0. The Kier molecular flexibility index (Phi) is 10.8. The zero-order valence-electron chi connectivity index (χ0n) is 11.4. The van der Waals surface area contributed by atoms with Crippen LogP contribution in [0.1, 0.15) is 32.6 Å². The highest BCUT2D eigenvalue weighted by Gasteiger charge is 2.18. The monoisotopic (exact) mass is 267 g/mol. The summed E-state index contributed by atoms with van der Waals surface area (Å²) in [4.78, 5) is 10.6. The van der Waals surface area contributed by atoms with Crippen LogP contribution in [-0.2, 0) is 9.53 Å². The molecule has 0 saturated heterocycles. The van der Waals surface area contributed by atoms with Gasteiger partial charge in [0.2, 0.25) is 0 Å². The van der Waals surface area contributed by atoms with E-state index in [9.17, 15) is 9.90 Å². The molecule has 0 aliphatic rings. The smallest absolute Gasteiger partial charge is 0.112 e. The van der Waals surface area contributed by atoms with E-state index in [1.165, 1.54) is 0 Å². The first-order valence-electron chi connectivity index (χ1n) is 5.97. The topological polar surface area (TPSA) is 49.4 Å². The predicted molar refractivity (Wildman–Crippen MR) is 69.0 cm³/mol. The van der Waals surface area contributed by atoms with E-state index < -0.39 is 5.97 Å². The van der Waals surface area contributed by atoms with Gasteiger partial charge in [-0.2, -0.15) is 0 Å². The number of hydrogen-bond donors (Lipinski definition) is 0. The molecule has 1 atom stereocenters. The molecule has 0 heterocycles. The maximum Gasteiger partial charge on any atom is 0.112 e. The zero-order valence-corrected chi connectivity index (χ0v) is 12.2. The molecule has 5 heteroatoms. The van der Waals surface area contributed by atoms with E-state index in [1.807, 2.05) is 21.1 Å². The average Bonchev–Trinajstić information content (AvgIpc) is 2.08. The molecule has 0 rings (SSSR count). The van der Waals surface area contributed by atoms with Crippen LogP contribution in [0.4, 0.5) is 0 Å². The van der Waals surface area contributed by atoms with Gasteiger partial charge in [-0.15, -0.1) is 12.4 Å². The molecule has 0 aromatic rings. The van der Waals surface area contributed by atoms with Gasteiger partial charge in [0.15, 0.2) is 0 Å². The largest absolute Gasteiger partial charge is 0.550 e. The van der Waals surface area contributed by atoms with Crippen LogP contribution in [0.3, 0.4) is 0 Å². The molecule has 0 bridgehead atoms. The molecule has 0 aromatic carbocycles. The summed E-state index contributed by atoms with van der Waals surface area (Å²) in [7, 11) is 6.08. The predicted octanol–water partition coefficient (Wildman–Crippen LogP) is 0.830. The van der Waals surface area contributed by atoms with Gasteiger partial charge in [0.05, 0.1) is 21.1 Å². The van der Waals surface area contributed by atoms with Crippen LogP contribution in [0, 0.1) is 0 Å². The fraction of sp³-hybridized carbons (Fsp3) is 0.917. The zero-order chi connectivity index (χ0) is 12.6. The summed E-state index contributed by atoms with van der Waals surface area (Å²) in [6, 6.07) is 0. The molecule has 104 valence electrons. The molecule has 0 N–H and O–H groups in total. The molecule has 0 aromatic heterocycles. The van der Waals surface area contributed by atoms with E-state index in [0.717, 1.165) is 19.3 Å². The summed E-state index contributed by atoms with van der Waals surface area (Å²) in [6.45, 7) is 3.47. The molecule has 17 heavy (non-hydrogen) atoms. The van der Waals surface area contributed by atoms with Crippen LogP contribution in [0.2, 0.25) is 0 Å². The van der Waals surface area contributed by atoms with Crippen LogP contribution in [0.5, 0.6) is 0 Å². The summed E-state index contributed by atoms with van der Waals surface area (Å²) in [5.74, 6) is -1.03. The molecule has 0 unspecified atom stereocenters. The van der Waals surface area contributed by atoms with Gasteiger partial charge in [-0.25, -0.2) is 0 Å². The van der Waals surface area contributed by atoms with Crippen molar-refractivity contribution in [2.75, 3.05) is 34.3 Å². The third-order valence-corrected chi connectivity index (χ3v) is 2.25. The summed E-state index contributed by atoms with van der Waals surface area (Å²) in [5.41, 5.74) is 0.